The summed E-state index contributed by atoms with van der Waals surface area (Å²) in [7, 11) is -1.93. The molecule has 2 aromatic rings. The second-order valence-electron chi connectivity index (χ2n) is 4.84. The van der Waals surface area contributed by atoms with Crippen LogP contribution in [0.25, 0.3) is 0 Å². The molecule has 1 aromatic heterocycles. The molecular formula is C15H19NO3S2. The van der Waals surface area contributed by atoms with E-state index < -0.39 is 10.0 Å². The average Bonchev–Trinajstić information content (AvgIpc) is 2.86. The summed E-state index contributed by atoms with van der Waals surface area (Å²) in [6, 6.07) is 10.8. The summed E-state index contributed by atoms with van der Waals surface area (Å²) >= 11 is 1.61. The minimum absolute atomic E-state index is 0.215. The van der Waals surface area contributed by atoms with Crippen molar-refractivity contribution in [2.24, 2.45) is 0 Å². The molecule has 0 amide bonds. The van der Waals surface area contributed by atoms with Crippen LogP contribution in [-0.4, -0.2) is 22.1 Å². The van der Waals surface area contributed by atoms with Crippen molar-refractivity contribution in [1.82, 2.24) is 4.72 Å². The molecule has 114 valence electrons. The normalized spacial score (nSPS) is 13.3. The Morgan fingerprint density at radius 1 is 1.24 bits per heavy atom. The molecule has 0 spiro atoms. The van der Waals surface area contributed by atoms with Gasteiger partial charge in [0.05, 0.1) is 4.90 Å². The monoisotopic (exact) mass is 325 g/mol. The summed E-state index contributed by atoms with van der Waals surface area (Å²) in [5.41, 5.74) is 0.912. The third-order valence-electron chi connectivity index (χ3n) is 3.12. The number of aryl methyl sites for hydroxylation is 2. The molecule has 0 fully saturated rings. The molecule has 6 heteroatoms. The number of sulfonamides is 1. The van der Waals surface area contributed by atoms with Gasteiger partial charge in [-0.25, -0.2) is 13.1 Å². The molecule has 1 aromatic carbocycles. The maximum absolute atomic E-state index is 12.3. The number of nitrogens with one attached hydrogen (secondary N) is 1. The van der Waals surface area contributed by atoms with E-state index in [1.165, 1.54) is 4.88 Å². The fourth-order valence-electron chi connectivity index (χ4n) is 1.98. The standard InChI is InChI=1S/C15H19NO3S2/c1-11-5-4-6-13(9-11)21(17,18)16-10-14(19-3)15-8-7-12(2)20-15/h4-9,14,16H,10H2,1-3H3/t14-/m1/s1. The fraction of sp³-hybridized carbons (Fsp3) is 0.333. The summed E-state index contributed by atoms with van der Waals surface area (Å²) < 4.78 is 32.6. The number of hydrogen-bond donors (Lipinski definition) is 1. The van der Waals surface area contributed by atoms with Gasteiger partial charge in [0.15, 0.2) is 0 Å². The van der Waals surface area contributed by atoms with Gasteiger partial charge in [0, 0.05) is 23.4 Å². The summed E-state index contributed by atoms with van der Waals surface area (Å²) in [4.78, 5) is 2.47. The molecule has 1 N–H and O–H groups in total. The van der Waals surface area contributed by atoms with Gasteiger partial charge in [-0.2, -0.15) is 0 Å². The predicted octanol–water partition coefficient (Wildman–Crippen LogP) is 3.03. The van der Waals surface area contributed by atoms with Gasteiger partial charge in [-0.15, -0.1) is 11.3 Å². The second-order valence-corrected chi connectivity index (χ2v) is 7.93. The molecular weight excluding hydrogens is 306 g/mol. The number of rotatable bonds is 6. The first-order chi connectivity index (χ1) is 9.92. The smallest absolute Gasteiger partial charge is 0.240 e. The Morgan fingerprint density at radius 3 is 2.57 bits per heavy atom. The SMILES string of the molecule is CO[C@H](CNS(=O)(=O)c1cccc(C)c1)c1ccc(C)s1. The molecule has 0 bridgehead atoms. The molecule has 0 unspecified atom stereocenters. The lowest BCUT2D eigenvalue weighted by atomic mass is 10.2. The van der Waals surface area contributed by atoms with E-state index in [0.717, 1.165) is 10.4 Å². The molecule has 2 rings (SSSR count). The highest BCUT2D eigenvalue weighted by atomic mass is 32.2. The van der Waals surface area contributed by atoms with E-state index in [1.54, 1.807) is 36.6 Å². The highest BCUT2D eigenvalue weighted by molar-refractivity contribution is 7.89. The van der Waals surface area contributed by atoms with Gasteiger partial charge < -0.3 is 4.74 Å². The van der Waals surface area contributed by atoms with Crippen LogP contribution in [0.3, 0.4) is 0 Å². The van der Waals surface area contributed by atoms with Crippen LogP contribution in [0.5, 0.6) is 0 Å². The molecule has 0 saturated carbocycles. The molecule has 1 heterocycles. The Labute approximate surface area is 129 Å². The zero-order chi connectivity index (χ0) is 15.5. The zero-order valence-electron chi connectivity index (χ0n) is 12.3. The molecule has 21 heavy (non-hydrogen) atoms. The van der Waals surface area contributed by atoms with E-state index in [-0.39, 0.29) is 17.5 Å². The minimum Gasteiger partial charge on any atom is -0.375 e. The van der Waals surface area contributed by atoms with Crippen molar-refractivity contribution in [3.63, 3.8) is 0 Å². The van der Waals surface area contributed by atoms with E-state index in [4.69, 9.17) is 4.74 Å². The second kappa shape index (κ2) is 6.70. The van der Waals surface area contributed by atoms with Crippen LogP contribution in [-0.2, 0) is 14.8 Å². The van der Waals surface area contributed by atoms with Gasteiger partial charge in [-0.3, -0.25) is 0 Å². The molecule has 0 aliphatic heterocycles. The Balaban J connectivity index is 2.10. The van der Waals surface area contributed by atoms with Crippen LogP contribution in [0.4, 0.5) is 0 Å². The van der Waals surface area contributed by atoms with Crippen LogP contribution >= 0.6 is 11.3 Å². The van der Waals surface area contributed by atoms with Crippen LogP contribution in [0.15, 0.2) is 41.3 Å². The average molecular weight is 325 g/mol. The zero-order valence-corrected chi connectivity index (χ0v) is 13.9. The lowest BCUT2D eigenvalue weighted by molar-refractivity contribution is 0.110. The molecule has 1 atom stereocenters. The number of thiophene rings is 1. The van der Waals surface area contributed by atoms with E-state index in [2.05, 4.69) is 4.72 Å². The van der Waals surface area contributed by atoms with Gasteiger partial charge in [-0.05, 0) is 43.7 Å². The molecule has 0 saturated heterocycles. The van der Waals surface area contributed by atoms with Crippen LogP contribution in [0.2, 0.25) is 0 Å². The minimum atomic E-state index is -3.51. The Morgan fingerprint density at radius 2 is 2.00 bits per heavy atom. The highest BCUT2D eigenvalue weighted by Crippen LogP contribution is 2.25. The van der Waals surface area contributed by atoms with E-state index in [1.807, 2.05) is 32.0 Å². The largest absolute Gasteiger partial charge is 0.375 e. The van der Waals surface area contributed by atoms with Gasteiger partial charge in [0.1, 0.15) is 6.10 Å². The first-order valence-corrected chi connectivity index (χ1v) is 8.88. The van der Waals surface area contributed by atoms with Gasteiger partial charge in [-0.1, -0.05) is 12.1 Å². The quantitative estimate of drug-likeness (QED) is 0.888. The third-order valence-corrected chi connectivity index (χ3v) is 5.64. The Kier molecular flexibility index (Phi) is 5.16. The van der Waals surface area contributed by atoms with Crippen molar-refractivity contribution in [3.05, 3.63) is 51.7 Å². The summed E-state index contributed by atoms with van der Waals surface area (Å²) in [6.45, 7) is 4.09. The topological polar surface area (TPSA) is 55.4 Å². The van der Waals surface area contributed by atoms with Crippen molar-refractivity contribution in [1.29, 1.82) is 0 Å². The molecule has 0 radical (unpaired) electrons. The molecule has 0 aliphatic rings. The van der Waals surface area contributed by atoms with Gasteiger partial charge in [0.2, 0.25) is 10.0 Å². The van der Waals surface area contributed by atoms with E-state index >= 15 is 0 Å². The van der Waals surface area contributed by atoms with Gasteiger partial charge in [0.25, 0.3) is 0 Å². The van der Waals surface area contributed by atoms with Crippen molar-refractivity contribution in [3.8, 4) is 0 Å². The van der Waals surface area contributed by atoms with Gasteiger partial charge >= 0.3 is 0 Å². The first kappa shape index (κ1) is 16.2. The summed E-state index contributed by atoms with van der Waals surface area (Å²) in [5.74, 6) is 0. The van der Waals surface area contributed by atoms with Crippen LogP contribution in [0.1, 0.15) is 21.4 Å². The van der Waals surface area contributed by atoms with E-state index in [9.17, 15) is 8.42 Å². The Bertz CT molecular complexity index is 707. The first-order valence-electron chi connectivity index (χ1n) is 6.58. The number of benzene rings is 1. The number of methoxy groups -OCH3 is 1. The van der Waals surface area contributed by atoms with Crippen LogP contribution in [0, 0.1) is 13.8 Å². The Hall–Kier alpha value is -1.21. The lowest BCUT2D eigenvalue weighted by Gasteiger charge is -2.15. The van der Waals surface area contributed by atoms with Crippen molar-refractivity contribution >= 4 is 21.4 Å². The fourth-order valence-corrected chi connectivity index (χ4v) is 4.07. The number of ether oxygens (including phenoxy) is 1. The van der Waals surface area contributed by atoms with E-state index in [0.29, 0.717) is 0 Å². The van der Waals surface area contributed by atoms with Crippen molar-refractivity contribution < 1.29 is 13.2 Å². The third kappa shape index (κ3) is 4.14. The molecule has 4 nitrogen and oxygen atoms in total. The lowest BCUT2D eigenvalue weighted by Crippen LogP contribution is -2.29. The summed E-state index contributed by atoms with van der Waals surface area (Å²) in [5, 5.41) is 0. The highest BCUT2D eigenvalue weighted by Gasteiger charge is 2.18. The summed E-state index contributed by atoms with van der Waals surface area (Å²) in [6.07, 6.45) is -0.275. The maximum atomic E-state index is 12.3. The maximum Gasteiger partial charge on any atom is 0.240 e. The van der Waals surface area contributed by atoms with Crippen molar-refractivity contribution in [2.75, 3.05) is 13.7 Å². The predicted molar refractivity (Wildman–Crippen MR) is 85.2 cm³/mol. The van der Waals surface area contributed by atoms with Crippen molar-refractivity contribution in [2.45, 2.75) is 24.8 Å². The van der Waals surface area contributed by atoms with Crippen LogP contribution < -0.4 is 4.72 Å². The molecule has 0 aliphatic carbocycles. The number of hydrogen-bond acceptors (Lipinski definition) is 4.